The summed E-state index contributed by atoms with van der Waals surface area (Å²) >= 11 is 0. The number of nitrogens with zero attached hydrogens (tertiary/aromatic N) is 3. The van der Waals surface area contributed by atoms with E-state index in [1.807, 2.05) is 0 Å². The quantitative estimate of drug-likeness (QED) is 0.410. The van der Waals surface area contributed by atoms with E-state index in [9.17, 15) is 0 Å². The predicted molar refractivity (Wildman–Crippen MR) is 95.8 cm³/mol. The molecule has 1 atom stereocenters. The number of ether oxygens (including phenoxy) is 1. The van der Waals surface area contributed by atoms with Crippen LogP contribution in [0.2, 0.25) is 0 Å². The van der Waals surface area contributed by atoms with Gasteiger partial charge < -0.3 is 15.8 Å². The van der Waals surface area contributed by atoms with Crippen LogP contribution in [-0.2, 0) is 4.74 Å². The van der Waals surface area contributed by atoms with Crippen LogP contribution < -0.4 is 11.1 Å². The van der Waals surface area contributed by atoms with Crippen molar-refractivity contribution in [3.8, 4) is 0 Å². The maximum Gasteiger partial charge on any atom is 0.188 e. The van der Waals surface area contributed by atoms with Crippen LogP contribution in [0.3, 0.4) is 0 Å². The Morgan fingerprint density at radius 1 is 1.26 bits per heavy atom. The molecule has 0 aliphatic carbocycles. The highest BCUT2D eigenvalue weighted by Gasteiger charge is 2.19. The van der Waals surface area contributed by atoms with E-state index in [2.05, 4.69) is 34.0 Å². The third-order valence-corrected chi connectivity index (χ3v) is 5.03. The van der Waals surface area contributed by atoms with E-state index in [1.54, 1.807) is 0 Å². The Kier molecular flexibility index (Phi) is 8.12. The summed E-state index contributed by atoms with van der Waals surface area (Å²) in [5.74, 6) is 1.46. The second-order valence-corrected chi connectivity index (χ2v) is 7.03. The standard InChI is InChI=1S/C17H35N5O/c1-15-4-8-22(9-5-15)16(2)14-20-17(18)19-6-3-7-21-10-12-23-13-11-21/h15-16H,3-14H2,1-2H3,(H3,18,19,20). The van der Waals surface area contributed by atoms with Crippen LogP contribution in [0.1, 0.15) is 33.1 Å². The molecule has 2 aliphatic rings. The molecule has 0 bridgehead atoms. The van der Waals surface area contributed by atoms with Gasteiger partial charge in [-0.25, -0.2) is 0 Å². The van der Waals surface area contributed by atoms with Gasteiger partial charge in [0.25, 0.3) is 0 Å². The highest BCUT2D eigenvalue weighted by atomic mass is 16.5. The smallest absolute Gasteiger partial charge is 0.188 e. The number of hydrogen-bond acceptors (Lipinski definition) is 4. The third kappa shape index (κ3) is 7.06. The SMILES string of the molecule is CC1CCN(C(C)CN=C(N)NCCCN2CCOCC2)CC1. The molecule has 2 fully saturated rings. The lowest BCUT2D eigenvalue weighted by molar-refractivity contribution is 0.0376. The first-order valence-corrected chi connectivity index (χ1v) is 9.23. The monoisotopic (exact) mass is 325 g/mol. The van der Waals surface area contributed by atoms with Crippen LogP contribution in [0.5, 0.6) is 0 Å². The van der Waals surface area contributed by atoms with Gasteiger partial charge in [0.05, 0.1) is 19.8 Å². The van der Waals surface area contributed by atoms with Crippen LogP contribution in [-0.4, -0.2) is 80.8 Å². The zero-order chi connectivity index (χ0) is 16.5. The lowest BCUT2D eigenvalue weighted by Gasteiger charge is -2.34. The first kappa shape index (κ1) is 18.5. The van der Waals surface area contributed by atoms with Gasteiger partial charge in [-0.3, -0.25) is 14.8 Å². The first-order chi connectivity index (χ1) is 11.1. The number of piperidine rings is 1. The van der Waals surface area contributed by atoms with Gasteiger partial charge in [-0.1, -0.05) is 6.92 Å². The number of hydrogen-bond donors (Lipinski definition) is 2. The lowest BCUT2D eigenvalue weighted by Crippen LogP contribution is -2.42. The maximum atomic E-state index is 5.98. The normalized spacial score (nSPS) is 23.8. The summed E-state index contributed by atoms with van der Waals surface area (Å²) in [4.78, 5) is 9.49. The molecule has 0 radical (unpaired) electrons. The Hall–Kier alpha value is -0.850. The molecular formula is C17H35N5O. The topological polar surface area (TPSA) is 66.1 Å². The number of nitrogens with one attached hydrogen (secondary N) is 1. The highest BCUT2D eigenvalue weighted by molar-refractivity contribution is 5.77. The molecule has 2 rings (SSSR count). The molecule has 1 unspecified atom stereocenters. The van der Waals surface area contributed by atoms with Crippen molar-refractivity contribution in [3.05, 3.63) is 0 Å². The molecular weight excluding hydrogens is 290 g/mol. The van der Waals surface area contributed by atoms with Gasteiger partial charge in [0, 0.05) is 25.7 Å². The van der Waals surface area contributed by atoms with E-state index in [1.165, 1.54) is 25.9 Å². The highest BCUT2D eigenvalue weighted by Crippen LogP contribution is 2.17. The van der Waals surface area contributed by atoms with Crippen molar-refractivity contribution >= 4 is 5.96 Å². The van der Waals surface area contributed by atoms with E-state index in [-0.39, 0.29) is 0 Å². The largest absolute Gasteiger partial charge is 0.379 e. The molecule has 6 nitrogen and oxygen atoms in total. The van der Waals surface area contributed by atoms with Gasteiger partial charge in [0.2, 0.25) is 0 Å². The summed E-state index contributed by atoms with van der Waals surface area (Å²) in [5, 5.41) is 3.24. The van der Waals surface area contributed by atoms with Crippen molar-refractivity contribution in [2.75, 3.05) is 59.0 Å². The van der Waals surface area contributed by atoms with E-state index in [0.29, 0.717) is 12.0 Å². The first-order valence-electron chi connectivity index (χ1n) is 9.23. The molecule has 134 valence electrons. The number of likely N-dealkylation sites (tertiary alicyclic amines) is 1. The molecule has 6 heteroatoms. The van der Waals surface area contributed by atoms with Crippen molar-refractivity contribution in [2.45, 2.75) is 39.2 Å². The van der Waals surface area contributed by atoms with Gasteiger partial charge in [-0.05, 0) is 51.7 Å². The van der Waals surface area contributed by atoms with E-state index < -0.39 is 0 Å². The Morgan fingerprint density at radius 2 is 1.96 bits per heavy atom. The second kappa shape index (κ2) is 10.1. The van der Waals surface area contributed by atoms with E-state index >= 15 is 0 Å². The zero-order valence-electron chi connectivity index (χ0n) is 15.0. The molecule has 0 aromatic rings. The molecule has 2 aliphatic heterocycles. The summed E-state index contributed by atoms with van der Waals surface area (Å²) in [7, 11) is 0. The third-order valence-electron chi connectivity index (χ3n) is 5.03. The Balaban J connectivity index is 1.55. The average molecular weight is 326 g/mol. The Bertz CT molecular complexity index is 349. The van der Waals surface area contributed by atoms with Crippen LogP contribution in [0, 0.1) is 5.92 Å². The fourth-order valence-electron chi connectivity index (χ4n) is 3.22. The minimum atomic E-state index is 0.483. The number of morpholine rings is 1. The second-order valence-electron chi connectivity index (χ2n) is 7.03. The van der Waals surface area contributed by atoms with Crippen LogP contribution in [0.25, 0.3) is 0 Å². The summed E-state index contributed by atoms with van der Waals surface area (Å²) in [6, 6.07) is 0.483. The zero-order valence-corrected chi connectivity index (χ0v) is 15.0. The van der Waals surface area contributed by atoms with Gasteiger partial charge in [-0.2, -0.15) is 0 Å². The summed E-state index contributed by atoms with van der Waals surface area (Å²) in [6.07, 6.45) is 3.71. The van der Waals surface area contributed by atoms with Crippen molar-refractivity contribution in [3.63, 3.8) is 0 Å². The van der Waals surface area contributed by atoms with Crippen LogP contribution in [0.15, 0.2) is 4.99 Å². The van der Waals surface area contributed by atoms with Crippen molar-refractivity contribution < 1.29 is 4.74 Å². The summed E-state index contributed by atoms with van der Waals surface area (Å²) < 4.78 is 5.35. The summed E-state index contributed by atoms with van der Waals surface area (Å²) in [6.45, 7) is 13.6. The van der Waals surface area contributed by atoms with E-state index in [4.69, 9.17) is 10.5 Å². The van der Waals surface area contributed by atoms with Crippen molar-refractivity contribution in [1.82, 2.24) is 15.1 Å². The maximum absolute atomic E-state index is 5.98. The Labute approximate surface area is 141 Å². The molecule has 2 heterocycles. The van der Waals surface area contributed by atoms with Gasteiger partial charge in [0.1, 0.15) is 0 Å². The van der Waals surface area contributed by atoms with Gasteiger partial charge in [-0.15, -0.1) is 0 Å². The lowest BCUT2D eigenvalue weighted by atomic mass is 9.98. The van der Waals surface area contributed by atoms with Crippen LogP contribution >= 0.6 is 0 Å². The minimum absolute atomic E-state index is 0.483. The van der Waals surface area contributed by atoms with Crippen molar-refractivity contribution in [1.29, 1.82) is 0 Å². The molecule has 0 aromatic heterocycles. The average Bonchev–Trinajstić information content (AvgIpc) is 2.58. The number of nitrogens with two attached hydrogens (primary N) is 1. The summed E-state index contributed by atoms with van der Waals surface area (Å²) in [5.41, 5.74) is 5.98. The molecule has 0 spiro atoms. The molecule has 0 amide bonds. The van der Waals surface area contributed by atoms with E-state index in [0.717, 1.165) is 58.3 Å². The number of rotatable bonds is 7. The minimum Gasteiger partial charge on any atom is -0.379 e. The molecule has 23 heavy (non-hydrogen) atoms. The fourth-order valence-corrected chi connectivity index (χ4v) is 3.22. The number of guanidine groups is 1. The Morgan fingerprint density at radius 3 is 2.65 bits per heavy atom. The van der Waals surface area contributed by atoms with Crippen LogP contribution in [0.4, 0.5) is 0 Å². The van der Waals surface area contributed by atoms with Gasteiger partial charge in [0.15, 0.2) is 5.96 Å². The fraction of sp³-hybridized carbons (Fsp3) is 0.941. The molecule has 0 aromatic carbocycles. The van der Waals surface area contributed by atoms with Crippen molar-refractivity contribution in [2.24, 2.45) is 16.6 Å². The predicted octanol–water partition coefficient (Wildman–Crippen LogP) is 0.733. The molecule has 2 saturated heterocycles. The number of aliphatic imine (C=N–C) groups is 1. The van der Waals surface area contributed by atoms with Gasteiger partial charge >= 0.3 is 0 Å². The molecule has 0 saturated carbocycles. The molecule has 3 N–H and O–H groups in total.